The Morgan fingerprint density at radius 2 is 2.05 bits per heavy atom. The van der Waals surface area contributed by atoms with Crippen LogP contribution in [0.3, 0.4) is 0 Å². The van der Waals surface area contributed by atoms with Crippen LogP contribution in [0, 0.1) is 11.8 Å². The minimum Gasteiger partial charge on any atom is -0.330 e. The summed E-state index contributed by atoms with van der Waals surface area (Å²) in [6.45, 7) is 5.24. The second-order valence-corrected chi connectivity index (χ2v) is 5.92. The zero-order valence-electron chi connectivity index (χ0n) is 11.5. The number of alkyl halides is 3. The minimum absolute atomic E-state index is 0.597. The quantitative estimate of drug-likeness (QED) is 0.763. The van der Waals surface area contributed by atoms with E-state index in [0.29, 0.717) is 22.9 Å². The van der Waals surface area contributed by atoms with Crippen molar-refractivity contribution in [1.82, 2.24) is 9.55 Å². The maximum atomic E-state index is 12.7. The Morgan fingerprint density at radius 3 is 2.70 bits per heavy atom. The first kappa shape index (κ1) is 13.5. The van der Waals surface area contributed by atoms with Gasteiger partial charge in [-0.3, -0.25) is 0 Å². The van der Waals surface area contributed by atoms with Gasteiger partial charge in [-0.05, 0) is 36.8 Å². The summed E-state index contributed by atoms with van der Waals surface area (Å²) in [4.78, 5) is 4.03. The van der Waals surface area contributed by atoms with Gasteiger partial charge in [0.15, 0.2) is 0 Å². The second kappa shape index (κ2) is 4.50. The van der Waals surface area contributed by atoms with Crippen LogP contribution in [0.4, 0.5) is 13.2 Å². The van der Waals surface area contributed by atoms with Gasteiger partial charge in [-0.15, -0.1) is 0 Å². The summed E-state index contributed by atoms with van der Waals surface area (Å²) in [5.74, 6) is 1.20. The SMILES string of the molecule is CC(C)C1CCn2c(cc3cc(C(F)(F)F)cnc32)C1. The number of pyridine rings is 1. The molecule has 0 spiro atoms. The molecule has 0 N–H and O–H groups in total. The van der Waals surface area contributed by atoms with Crippen molar-refractivity contribution in [3.8, 4) is 0 Å². The van der Waals surface area contributed by atoms with Gasteiger partial charge >= 0.3 is 6.18 Å². The third-order valence-corrected chi connectivity index (χ3v) is 4.28. The molecule has 3 rings (SSSR count). The molecule has 0 aliphatic carbocycles. The summed E-state index contributed by atoms with van der Waals surface area (Å²) in [5.41, 5.74) is 1.11. The smallest absolute Gasteiger partial charge is 0.330 e. The van der Waals surface area contributed by atoms with E-state index in [0.717, 1.165) is 31.3 Å². The molecule has 1 unspecified atom stereocenters. The number of rotatable bonds is 1. The van der Waals surface area contributed by atoms with Gasteiger partial charge in [-0.2, -0.15) is 13.2 Å². The van der Waals surface area contributed by atoms with Gasteiger partial charge in [0.1, 0.15) is 5.65 Å². The van der Waals surface area contributed by atoms with E-state index in [1.54, 1.807) is 0 Å². The van der Waals surface area contributed by atoms with Crippen molar-refractivity contribution in [2.45, 2.75) is 39.4 Å². The summed E-state index contributed by atoms with van der Waals surface area (Å²) < 4.78 is 40.2. The lowest BCUT2D eigenvalue weighted by Gasteiger charge is -2.27. The van der Waals surface area contributed by atoms with Crippen LogP contribution in [0.1, 0.15) is 31.5 Å². The fraction of sp³-hybridized carbons (Fsp3) is 0.533. The van der Waals surface area contributed by atoms with Gasteiger partial charge in [0.25, 0.3) is 0 Å². The summed E-state index contributed by atoms with van der Waals surface area (Å²) in [5, 5.41) is 0.597. The summed E-state index contributed by atoms with van der Waals surface area (Å²) in [6, 6.07) is 3.07. The highest BCUT2D eigenvalue weighted by Gasteiger charge is 2.32. The summed E-state index contributed by atoms with van der Waals surface area (Å²) in [6.07, 6.45) is -1.40. The van der Waals surface area contributed by atoms with E-state index in [2.05, 4.69) is 23.4 Å². The number of aromatic nitrogens is 2. The van der Waals surface area contributed by atoms with Gasteiger partial charge in [-0.25, -0.2) is 4.98 Å². The van der Waals surface area contributed by atoms with E-state index < -0.39 is 11.7 Å². The minimum atomic E-state index is -4.33. The maximum Gasteiger partial charge on any atom is 0.417 e. The molecule has 0 aromatic carbocycles. The van der Waals surface area contributed by atoms with Gasteiger partial charge < -0.3 is 4.57 Å². The molecule has 0 radical (unpaired) electrons. The molecular formula is C15H17F3N2. The fourth-order valence-corrected chi connectivity index (χ4v) is 3.01. The number of hydrogen-bond acceptors (Lipinski definition) is 1. The predicted octanol–water partition coefficient (Wildman–Crippen LogP) is 4.27. The van der Waals surface area contributed by atoms with Gasteiger partial charge in [0.05, 0.1) is 5.56 Å². The van der Waals surface area contributed by atoms with E-state index in [1.165, 1.54) is 6.07 Å². The first-order valence-corrected chi connectivity index (χ1v) is 6.91. The predicted molar refractivity (Wildman–Crippen MR) is 71.4 cm³/mol. The zero-order chi connectivity index (χ0) is 14.5. The van der Waals surface area contributed by atoms with E-state index >= 15 is 0 Å². The lowest BCUT2D eigenvalue weighted by atomic mass is 9.86. The van der Waals surface area contributed by atoms with Crippen LogP contribution in [0.2, 0.25) is 0 Å². The summed E-state index contributed by atoms with van der Waals surface area (Å²) in [7, 11) is 0. The van der Waals surface area contributed by atoms with Crippen molar-refractivity contribution >= 4 is 11.0 Å². The van der Waals surface area contributed by atoms with Crippen molar-refractivity contribution in [2.75, 3.05) is 0 Å². The molecule has 1 aliphatic rings. The van der Waals surface area contributed by atoms with E-state index in [4.69, 9.17) is 0 Å². The molecule has 3 heterocycles. The van der Waals surface area contributed by atoms with Crippen molar-refractivity contribution in [1.29, 1.82) is 0 Å². The van der Waals surface area contributed by atoms with Crippen LogP contribution in [0.15, 0.2) is 18.3 Å². The molecule has 0 fully saturated rings. The number of fused-ring (bicyclic) bond motifs is 3. The van der Waals surface area contributed by atoms with Gasteiger partial charge in [0, 0.05) is 23.8 Å². The third kappa shape index (κ3) is 2.19. The molecule has 0 saturated heterocycles. The van der Waals surface area contributed by atoms with E-state index in [9.17, 15) is 13.2 Å². The Balaban J connectivity index is 2.04. The Labute approximate surface area is 115 Å². The first-order chi connectivity index (χ1) is 9.36. The Morgan fingerprint density at radius 1 is 1.30 bits per heavy atom. The third-order valence-electron chi connectivity index (χ3n) is 4.28. The highest BCUT2D eigenvalue weighted by atomic mass is 19.4. The van der Waals surface area contributed by atoms with Crippen LogP contribution < -0.4 is 0 Å². The number of halogens is 3. The molecule has 1 atom stereocenters. The van der Waals surface area contributed by atoms with Crippen LogP contribution in [0.5, 0.6) is 0 Å². The normalized spacial score (nSPS) is 19.6. The van der Waals surface area contributed by atoms with Crippen LogP contribution >= 0.6 is 0 Å². The largest absolute Gasteiger partial charge is 0.417 e. The molecule has 2 aromatic heterocycles. The molecule has 5 heteroatoms. The van der Waals surface area contributed by atoms with Crippen LogP contribution in [-0.4, -0.2) is 9.55 Å². The zero-order valence-corrected chi connectivity index (χ0v) is 11.5. The highest BCUT2D eigenvalue weighted by molar-refractivity contribution is 5.78. The van der Waals surface area contributed by atoms with Crippen molar-refractivity contribution in [3.63, 3.8) is 0 Å². The van der Waals surface area contributed by atoms with Gasteiger partial charge in [-0.1, -0.05) is 13.8 Å². The van der Waals surface area contributed by atoms with Crippen LogP contribution in [0.25, 0.3) is 11.0 Å². The first-order valence-electron chi connectivity index (χ1n) is 6.91. The molecule has 0 bridgehead atoms. The summed E-state index contributed by atoms with van der Waals surface area (Å²) >= 11 is 0. The second-order valence-electron chi connectivity index (χ2n) is 5.92. The molecule has 0 amide bonds. The van der Waals surface area contributed by atoms with E-state index in [-0.39, 0.29) is 0 Å². The maximum absolute atomic E-state index is 12.7. The standard InChI is InChI=1S/C15H17F3N2/c1-9(2)10-3-4-20-13(6-10)7-11-5-12(15(16,17)18)8-19-14(11)20/h5,7-10H,3-4,6H2,1-2H3. The molecule has 108 valence electrons. The Hall–Kier alpha value is -1.52. The van der Waals surface area contributed by atoms with Crippen LogP contribution in [-0.2, 0) is 19.1 Å². The average Bonchev–Trinajstić information content (AvgIpc) is 2.73. The Kier molecular flexibility index (Phi) is 3.03. The van der Waals surface area contributed by atoms with Gasteiger partial charge in [0.2, 0.25) is 0 Å². The molecule has 20 heavy (non-hydrogen) atoms. The lowest BCUT2D eigenvalue weighted by molar-refractivity contribution is -0.137. The molecule has 0 saturated carbocycles. The highest BCUT2D eigenvalue weighted by Crippen LogP contribution is 2.34. The number of hydrogen-bond donors (Lipinski definition) is 0. The lowest BCUT2D eigenvalue weighted by Crippen LogP contribution is -2.22. The number of aryl methyl sites for hydroxylation is 1. The molecule has 2 aromatic rings. The van der Waals surface area contributed by atoms with Crippen molar-refractivity contribution in [3.05, 3.63) is 29.6 Å². The molecular weight excluding hydrogens is 265 g/mol. The van der Waals surface area contributed by atoms with Crippen molar-refractivity contribution < 1.29 is 13.2 Å². The molecule has 2 nitrogen and oxygen atoms in total. The van der Waals surface area contributed by atoms with E-state index in [1.807, 2.05) is 6.07 Å². The Bertz CT molecular complexity index is 640. The molecule has 1 aliphatic heterocycles. The average molecular weight is 282 g/mol. The topological polar surface area (TPSA) is 17.8 Å². The monoisotopic (exact) mass is 282 g/mol. The number of nitrogens with zero attached hydrogens (tertiary/aromatic N) is 2. The fourth-order valence-electron chi connectivity index (χ4n) is 3.01. The van der Waals surface area contributed by atoms with Crippen molar-refractivity contribution in [2.24, 2.45) is 11.8 Å².